The molecule has 2 bridgehead atoms. The molecule has 7 atom stereocenters. The number of aromatic amines is 1. The summed E-state index contributed by atoms with van der Waals surface area (Å²) in [5.74, 6) is -2.89. The van der Waals surface area contributed by atoms with Gasteiger partial charge in [-0.15, -0.1) is 11.8 Å². The van der Waals surface area contributed by atoms with Crippen molar-refractivity contribution in [2.45, 2.75) is 42.6 Å². The fourth-order valence-corrected chi connectivity index (χ4v) is 11.7. The molecule has 3 fully saturated rings. The molecule has 0 radical (unpaired) electrons. The number of rotatable bonds is 10. The van der Waals surface area contributed by atoms with Crippen LogP contribution in [0.3, 0.4) is 0 Å². The number of benzene rings is 3. The number of thioether (sulfide) groups is 1. The third kappa shape index (κ3) is 6.48. The highest BCUT2D eigenvalue weighted by Gasteiger charge is 2.69. The number of aromatic nitrogens is 1. The van der Waals surface area contributed by atoms with Crippen LogP contribution in [0.25, 0.3) is 0 Å². The lowest BCUT2D eigenvalue weighted by atomic mass is 9.68. The molecule has 11 nitrogen and oxygen atoms in total. The zero-order valence-electron chi connectivity index (χ0n) is 29.4. The van der Waals surface area contributed by atoms with Gasteiger partial charge in [-0.05, 0) is 98.2 Å². The number of nitrogens with zero attached hydrogens (tertiary/aromatic N) is 1. The maximum atomic E-state index is 14.2. The van der Waals surface area contributed by atoms with E-state index >= 15 is 0 Å². The number of hydrogen-bond donors (Lipinski definition) is 2. The second kappa shape index (κ2) is 14.2. The molecule has 2 aliphatic carbocycles. The molecule has 3 heterocycles. The number of esters is 1. The molecule has 1 saturated heterocycles. The van der Waals surface area contributed by atoms with E-state index in [4.69, 9.17) is 14.2 Å². The Morgan fingerprint density at radius 2 is 1.65 bits per heavy atom. The number of anilines is 2. The van der Waals surface area contributed by atoms with E-state index in [1.165, 1.54) is 17.0 Å². The maximum Gasteiger partial charge on any atom is 0.416 e. The van der Waals surface area contributed by atoms with Gasteiger partial charge in [-0.3, -0.25) is 24.1 Å². The number of hydrogen-bond acceptors (Lipinski definition) is 10. The monoisotopic (exact) mass is 793 g/mol. The van der Waals surface area contributed by atoms with Gasteiger partial charge in [0.2, 0.25) is 11.8 Å². The molecule has 2 aliphatic heterocycles. The summed E-state index contributed by atoms with van der Waals surface area (Å²) in [5.41, 5.74) is 0.599. The van der Waals surface area contributed by atoms with Gasteiger partial charge < -0.3 is 24.5 Å². The summed E-state index contributed by atoms with van der Waals surface area (Å²) in [5, 5.41) is 3.10. The third-order valence-corrected chi connectivity index (χ3v) is 13.4. The predicted molar refractivity (Wildman–Crippen MR) is 197 cm³/mol. The average Bonchev–Trinajstić information content (AvgIpc) is 3.90. The summed E-state index contributed by atoms with van der Waals surface area (Å²) in [6, 6.07) is 15.9. The van der Waals surface area contributed by atoms with Crippen molar-refractivity contribution < 1.29 is 46.6 Å². The van der Waals surface area contributed by atoms with E-state index in [0.29, 0.717) is 23.4 Å². The molecule has 0 spiro atoms. The van der Waals surface area contributed by atoms with Crippen molar-refractivity contribution >= 4 is 58.2 Å². The van der Waals surface area contributed by atoms with Gasteiger partial charge in [-0.1, -0.05) is 23.5 Å². The van der Waals surface area contributed by atoms with Gasteiger partial charge in [0.1, 0.15) is 0 Å². The van der Waals surface area contributed by atoms with Crippen LogP contribution in [0.5, 0.6) is 11.5 Å². The number of ether oxygens (including phenoxy) is 3. The summed E-state index contributed by atoms with van der Waals surface area (Å²) < 4.78 is 56.3. The van der Waals surface area contributed by atoms with Gasteiger partial charge in [0.25, 0.3) is 5.91 Å². The van der Waals surface area contributed by atoms with Crippen LogP contribution in [0.4, 0.5) is 24.5 Å². The van der Waals surface area contributed by atoms with E-state index in [1.54, 1.807) is 62.0 Å². The Hall–Kier alpha value is -5.09. The number of amides is 3. The first-order valence-electron chi connectivity index (χ1n) is 17.8. The van der Waals surface area contributed by atoms with Gasteiger partial charge in [0.05, 0.1) is 46.9 Å². The molecule has 2 N–H and O–H groups in total. The Labute approximate surface area is 320 Å². The predicted octanol–water partition coefficient (Wildman–Crippen LogP) is 6.73. The minimum atomic E-state index is -4.57. The van der Waals surface area contributed by atoms with E-state index < -0.39 is 42.1 Å². The highest BCUT2D eigenvalue weighted by Crippen LogP contribution is 2.69. The Bertz CT molecular complexity index is 2260. The lowest BCUT2D eigenvalue weighted by Gasteiger charge is -2.43. The van der Waals surface area contributed by atoms with Gasteiger partial charge in [-0.2, -0.15) is 13.2 Å². The van der Waals surface area contributed by atoms with Crippen molar-refractivity contribution in [2.24, 2.45) is 29.6 Å². The number of carbonyl (C=O) groups excluding carboxylic acids is 4. The molecular formula is C39H34F3N3O8S2. The highest BCUT2D eigenvalue weighted by atomic mass is 32.2. The average molecular weight is 794 g/mol. The van der Waals surface area contributed by atoms with Crippen molar-refractivity contribution in [1.82, 2.24) is 4.98 Å². The number of H-pyrrole nitrogens is 1. The van der Waals surface area contributed by atoms with Crippen LogP contribution < -0.4 is 24.6 Å². The van der Waals surface area contributed by atoms with Crippen LogP contribution in [0.1, 0.15) is 52.5 Å². The summed E-state index contributed by atoms with van der Waals surface area (Å²) in [6.07, 6.45) is -3.88. The Morgan fingerprint density at radius 3 is 2.36 bits per heavy atom. The van der Waals surface area contributed by atoms with Crippen molar-refractivity contribution in [3.05, 3.63) is 98.0 Å². The van der Waals surface area contributed by atoms with Gasteiger partial charge in [0.15, 0.2) is 18.1 Å². The second-order valence-electron chi connectivity index (χ2n) is 13.8. The van der Waals surface area contributed by atoms with Gasteiger partial charge in [-0.25, -0.2) is 4.79 Å². The minimum absolute atomic E-state index is 0.0274. The van der Waals surface area contributed by atoms with E-state index in [1.807, 2.05) is 6.07 Å². The Kier molecular flexibility index (Phi) is 9.52. The quantitative estimate of drug-likeness (QED) is 0.132. The summed E-state index contributed by atoms with van der Waals surface area (Å²) >= 11 is 2.67. The van der Waals surface area contributed by atoms with Crippen LogP contribution in [-0.2, 0) is 25.3 Å². The summed E-state index contributed by atoms with van der Waals surface area (Å²) in [4.78, 5) is 70.8. The first kappa shape index (κ1) is 36.9. The molecular weight excluding hydrogens is 760 g/mol. The van der Waals surface area contributed by atoms with Crippen LogP contribution in [0.15, 0.2) is 76.6 Å². The number of imide groups is 1. The van der Waals surface area contributed by atoms with E-state index in [0.717, 1.165) is 38.9 Å². The second-order valence-corrected chi connectivity index (χ2v) is 16.0. The Morgan fingerprint density at radius 1 is 0.909 bits per heavy atom. The summed E-state index contributed by atoms with van der Waals surface area (Å²) in [7, 11) is 0. The Balaban J connectivity index is 1.06. The zero-order valence-corrected chi connectivity index (χ0v) is 31.0. The molecule has 8 rings (SSSR count). The van der Waals surface area contributed by atoms with Crippen LogP contribution in [0, 0.1) is 29.6 Å². The minimum Gasteiger partial charge on any atom is -0.490 e. The van der Waals surface area contributed by atoms with Gasteiger partial charge >= 0.3 is 17.0 Å². The fourth-order valence-electron chi connectivity index (χ4n) is 8.82. The lowest BCUT2D eigenvalue weighted by molar-refractivity contribution is -0.137. The standard InChI is InChI=1S/C39H34F3N3O8S2/c1-3-51-26-14-19(10-13-25(26)53-17-27(46)43-21-7-5-6-20(15-21)39(40,41)42)28-29-23-16-24(32(29)54-34-33(28)55-38(50)44-34)31-30(23)35(47)45(36(31)48)22-11-8-18(9-12-22)37(49)52-4-2/h5-15,23-24,28-32H,3-4,16-17H2,1-2H3,(H,43,46)(H,44,50)/t23-,24-,28-,29?,30?,31?,32?/m1/s1. The van der Waals surface area contributed by atoms with E-state index in [2.05, 4.69) is 10.3 Å². The molecule has 55 heavy (non-hydrogen) atoms. The normalized spacial score (nSPS) is 25.0. The number of carbonyl (C=O) groups is 4. The van der Waals surface area contributed by atoms with Crippen molar-refractivity contribution in [2.75, 3.05) is 30.0 Å². The van der Waals surface area contributed by atoms with Crippen molar-refractivity contribution in [3.8, 4) is 11.5 Å². The first-order chi connectivity index (χ1) is 26.4. The zero-order chi connectivity index (χ0) is 38.8. The van der Waals surface area contributed by atoms with Crippen LogP contribution in [-0.4, -0.2) is 53.7 Å². The number of nitrogens with one attached hydrogen (secondary N) is 2. The molecule has 4 unspecified atom stereocenters. The highest BCUT2D eigenvalue weighted by molar-refractivity contribution is 8.00. The molecule has 4 aromatic rings. The largest absolute Gasteiger partial charge is 0.490 e. The van der Waals surface area contributed by atoms with E-state index in [9.17, 15) is 37.1 Å². The van der Waals surface area contributed by atoms with Crippen LogP contribution in [0.2, 0.25) is 0 Å². The first-order valence-corrected chi connectivity index (χ1v) is 19.5. The number of alkyl halides is 3. The molecule has 1 aromatic heterocycles. The number of halogens is 3. The van der Waals surface area contributed by atoms with Crippen LogP contribution >= 0.6 is 23.1 Å². The fraction of sp³-hybridized carbons (Fsp3) is 0.359. The molecule has 3 amide bonds. The summed E-state index contributed by atoms with van der Waals surface area (Å²) in [6.45, 7) is 3.47. The topological polar surface area (TPSA) is 144 Å². The molecule has 4 aliphatic rings. The number of fused-ring (bicyclic) bond motifs is 9. The molecule has 2 saturated carbocycles. The molecule has 3 aromatic carbocycles. The smallest absolute Gasteiger partial charge is 0.416 e. The molecule has 286 valence electrons. The third-order valence-electron chi connectivity index (χ3n) is 10.8. The SMILES string of the molecule is CCOC(=O)c1ccc(N2C(=O)C3C(C2=O)[C@@H]2C[C@H]3C3Sc4[nH]c(=O)sc4[C@H](c4ccc(OCC(=O)Nc5cccc(C(F)(F)F)c5)c(OCC)c4)C32)cc1. The van der Waals surface area contributed by atoms with Crippen molar-refractivity contribution in [3.63, 3.8) is 0 Å². The maximum absolute atomic E-state index is 14.2. The van der Waals surface area contributed by atoms with Crippen molar-refractivity contribution in [1.29, 1.82) is 0 Å². The molecule has 16 heteroatoms. The van der Waals surface area contributed by atoms with E-state index in [-0.39, 0.29) is 70.3 Å². The lowest BCUT2D eigenvalue weighted by Crippen LogP contribution is -2.42. The van der Waals surface area contributed by atoms with Gasteiger partial charge in [0, 0.05) is 21.7 Å². The number of thiazole rings is 1.